The van der Waals surface area contributed by atoms with E-state index in [2.05, 4.69) is 58.8 Å². The van der Waals surface area contributed by atoms with Crippen molar-refractivity contribution in [3.63, 3.8) is 0 Å². The third-order valence-corrected chi connectivity index (χ3v) is 6.13. The molecule has 0 spiro atoms. The first-order chi connectivity index (χ1) is 13.5. The van der Waals surface area contributed by atoms with Gasteiger partial charge in [-0.15, -0.1) is 0 Å². The van der Waals surface area contributed by atoms with Gasteiger partial charge in [-0.1, -0.05) is 23.8 Å². The zero-order valence-electron chi connectivity index (χ0n) is 17.3. The third kappa shape index (κ3) is 4.13. The number of aromatic nitrogens is 2. The van der Waals surface area contributed by atoms with Crippen molar-refractivity contribution in [3.8, 4) is 0 Å². The van der Waals surface area contributed by atoms with Crippen molar-refractivity contribution in [2.75, 3.05) is 51.2 Å². The molecule has 1 saturated heterocycles. The number of hydrogen-bond donors (Lipinski definition) is 1. The topological polar surface area (TPSA) is 55.5 Å². The second-order valence-electron chi connectivity index (χ2n) is 8.31. The first-order valence-corrected chi connectivity index (χ1v) is 10.3. The van der Waals surface area contributed by atoms with Crippen molar-refractivity contribution >= 4 is 5.95 Å². The Hall–Kier alpha value is -2.18. The lowest BCUT2D eigenvalue weighted by Gasteiger charge is -2.32. The zero-order chi connectivity index (χ0) is 19.7. The summed E-state index contributed by atoms with van der Waals surface area (Å²) in [7, 11) is 2.13. The zero-order valence-corrected chi connectivity index (χ0v) is 17.3. The fraction of sp³-hybridized carbons (Fsp3) is 0.545. The van der Waals surface area contributed by atoms with Crippen LogP contribution in [-0.2, 0) is 19.4 Å². The van der Waals surface area contributed by atoms with Crippen LogP contribution < -0.4 is 10.5 Å². The Bertz CT molecular complexity index is 898. The molecule has 1 aromatic carbocycles. The number of likely N-dealkylation sites (N-methyl/N-ethyl adjacent to an activating group) is 1. The van der Waals surface area contributed by atoms with E-state index in [0.29, 0.717) is 0 Å². The smallest absolute Gasteiger partial charge is 0.255 e. The van der Waals surface area contributed by atoms with Gasteiger partial charge in [0.1, 0.15) is 0 Å². The fourth-order valence-electron chi connectivity index (χ4n) is 4.23. The summed E-state index contributed by atoms with van der Waals surface area (Å²) in [6.07, 6.45) is 1.61. The van der Waals surface area contributed by atoms with Crippen LogP contribution in [-0.4, -0.2) is 66.1 Å². The number of anilines is 1. The average molecular weight is 382 g/mol. The predicted molar refractivity (Wildman–Crippen MR) is 113 cm³/mol. The average Bonchev–Trinajstić information content (AvgIpc) is 2.87. The van der Waals surface area contributed by atoms with Crippen LogP contribution in [0.1, 0.15) is 27.9 Å². The summed E-state index contributed by atoms with van der Waals surface area (Å²) in [5.41, 5.74) is 5.93. The van der Waals surface area contributed by atoms with Crippen LogP contribution in [0.4, 0.5) is 5.95 Å². The monoisotopic (exact) mass is 381 g/mol. The second kappa shape index (κ2) is 8.05. The van der Waals surface area contributed by atoms with Crippen molar-refractivity contribution in [3.05, 3.63) is 56.5 Å². The van der Waals surface area contributed by atoms with Gasteiger partial charge >= 0.3 is 0 Å². The summed E-state index contributed by atoms with van der Waals surface area (Å²) in [4.78, 5) is 27.6. The van der Waals surface area contributed by atoms with E-state index in [9.17, 15) is 4.79 Å². The molecule has 1 fully saturated rings. The molecule has 0 bridgehead atoms. The second-order valence-corrected chi connectivity index (χ2v) is 8.31. The van der Waals surface area contributed by atoms with Gasteiger partial charge in [0.05, 0.1) is 5.69 Å². The highest BCUT2D eigenvalue weighted by atomic mass is 16.1. The SMILES string of the molecule is Cc1ccc(CN2CCc3nc(N4CCN(C)CC4)[nH]c(=O)c3CC2)c(C)c1. The van der Waals surface area contributed by atoms with Gasteiger partial charge in [-0.05, 0) is 38.4 Å². The van der Waals surface area contributed by atoms with Crippen LogP contribution >= 0.6 is 0 Å². The maximum Gasteiger partial charge on any atom is 0.255 e. The van der Waals surface area contributed by atoms with Crippen molar-refractivity contribution in [1.82, 2.24) is 19.8 Å². The van der Waals surface area contributed by atoms with E-state index in [1.165, 1.54) is 16.7 Å². The lowest BCUT2D eigenvalue weighted by atomic mass is 10.1. The van der Waals surface area contributed by atoms with Crippen molar-refractivity contribution in [2.24, 2.45) is 0 Å². The Kier molecular flexibility index (Phi) is 5.51. The van der Waals surface area contributed by atoms with E-state index in [1.54, 1.807) is 0 Å². The largest absolute Gasteiger partial charge is 0.340 e. The Morgan fingerprint density at radius 1 is 1.04 bits per heavy atom. The summed E-state index contributed by atoms with van der Waals surface area (Å²) >= 11 is 0. The van der Waals surface area contributed by atoms with Crippen molar-refractivity contribution in [2.45, 2.75) is 33.2 Å². The van der Waals surface area contributed by atoms with Crippen molar-refractivity contribution < 1.29 is 0 Å². The first-order valence-electron chi connectivity index (χ1n) is 10.3. The summed E-state index contributed by atoms with van der Waals surface area (Å²) in [5, 5.41) is 0. The molecule has 0 aliphatic carbocycles. The van der Waals surface area contributed by atoms with E-state index in [0.717, 1.165) is 75.9 Å². The molecule has 0 unspecified atom stereocenters. The molecule has 150 valence electrons. The maximum atomic E-state index is 12.7. The molecule has 0 amide bonds. The Morgan fingerprint density at radius 3 is 2.54 bits per heavy atom. The van der Waals surface area contributed by atoms with Gasteiger partial charge in [0.25, 0.3) is 5.56 Å². The third-order valence-electron chi connectivity index (χ3n) is 6.13. The minimum atomic E-state index is 0.0484. The Labute approximate surface area is 167 Å². The van der Waals surface area contributed by atoms with Crippen LogP contribution in [0.15, 0.2) is 23.0 Å². The van der Waals surface area contributed by atoms with E-state index in [-0.39, 0.29) is 5.56 Å². The van der Waals surface area contributed by atoms with E-state index in [1.807, 2.05) is 0 Å². The maximum absolute atomic E-state index is 12.7. The highest BCUT2D eigenvalue weighted by Gasteiger charge is 2.22. The highest BCUT2D eigenvalue weighted by molar-refractivity contribution is 5.35. The minimum Gasteiger partial charge on any atom is -0.340 e. The normalized spacial score (nSPS) is 18.8. The van der Waals surface area contributed by atoms with Gasteiger partial charge in [0.2, 0.25) is 5.95 Å². The van der Waals surface area contributed by atoms with Gasteiger partial charge in [0, 0.05) is 57.8 Å². The fourth-order valence-corrected chi connectivity index (χ4v) is 4.23. The summed E-state index contributed by atoms with van der Waals surface area (Å²) < 4.78 is 0. The van der Waals surface area contributed by atoms with Crippen LogP contribution in [0.2, 0.25) is 0 Å². The molecule has 2 aliphatic rings. The van der Waals surface area contributed by atoms with Crippen LogP contribution in [0, 0.1) is 13.8 Å². The van der Waals surface area contributed by atoms with Gasteiger partial charge in [-0.25, -0.2) is 4.98 Å². The van der Waals surface area contributed by atoms with Crippen LogP contribution in [0.25, 0.3) is 0 Å². The quantitative estimate of drug-likeness (QED) is 0.878. The molecule has 0 atom stereocenters. The van der Waals surface area contributed by atoms with Gasteiger partial charge in [0.15, 0.2) is 0 Å². The van der Waals surface area contributed by atoms with Gasteiger partial charge in [-0.2, -0.15) is 0 Å². The summed E-state index contributed by atoms with van der Waals surface area (Å²) in [5.74, 6) is 0.750. The number of H-pyrrole nitrogens is 1. The number of piperazine rings is 1. The van der Waals surface area contributed by atoms with E-state index < -0.39 is 0 Å². The van der Waals surface area contributed by atoms with Gasteiger partial charge in [-0.3, -0.25) is 14.7 Å². The van der Waals surface area contributed by atoms with E-state index >= 15 is 0 Å². The van der Waals surface area contributed by atoms with Crippen molar-refractivity contribution in [1.29, 1.82) is 0 Å². The first kappa shape index (κ1) is 19.2. The molecular weight excluding hydrogens is 350 g/mol. The number of hydrogen-bond acceptors (Lipinski definition) is 5. The lowest BCUT2D eigenvalue weighted by Crippen LogP contribution is -2.45. The minimum absolute atomic E-state index is 0.0484. The lowest BCUT2D eigenvalue weighted by molar-refractivity contribution is 0.278. The molecule has 28 heavy (non-hydrogen) atoms. The van der Waals surface area contributed by atoms with E-state index in [4.69, 9.17) is 4.98 Å². The highest BCUT2D eigenvalue weighted by Crippen LogP contribution is 2.18. The molecule has 3 heterocycles. The molecule has 4 rings (SSSR count). The number of nitrogens with zero attached hydrogens (tertiary/aromatic N) is 4. The number of nitrogens with one attached hydrogen (secondary N) is 1. The molecular formula is C22H31N5O. The number of aromatic amines is 1. The number of fused-ring (bicyclic) bond motifs is 1. The molecule has 2 aromatic rings. The molecule has 6 nitrogen and oxygen atoms in total. The molecule has 2 aliphatic heterocycles. The number of benzene rings is 1. The Morgan fingerprint density at radius 2 is 1.79 bits per heavy atom. The summed E-state index contributed by atoms with van der Waals surface area (Å²) in [6.45, 7) is 10.9. The molecule has 0 saturated carbocycles. The molecule has 0 radical (unpaired) electrons. The number of rotatable bonds is 3. The summed E-state index contributed by atoms with van der Waals surface area (Å²) in [6, 6.07) is 6.67. The van der Waals surface area contributed by atoms with Crippen LogP contribution in [0.5, 0.6) is 0 Å². The van der Waals surface area contributed by atoms with Crippen LogP contribution in [0.3, 0.4) is 0 Å². The molecule has 6 heteroatoms. The standard InChI is InChI=1S/C22H31N5O/c1-16-4-5-18(17(2)14-16)15-26-8-6-19-20(7-9-26)23-22(24-21(19)28)27-12-10-25(3)11-13-27/h4-5,14H,6-13,15H2,1-3H3,(H,23,24,28). The number of aryl methyl sites for hydroxylation is 2. The predicted octanol–water partition coefficient (Wildman–Crippen LogP) is 1.74. The molecule has 1 aromatic heterocycles. The molecule has 1 N–H and O–H groups in total. The van der Waals surface area contributed by atoms with Gasteiger partial charge < -0.3 is 9.80 Å². The Balaban J connectivity index is 1.49.